The van der Waals surface area contributed by atoms with Crippen molar-refractivity contribution in [2.45, 2.75) is 39.3 Å². The maximum atomic E-state index is 13.7. The van der Waals surface area contributed by atoms with Crippen LogP contribution in [-0.2, 0) is 30.4 Å². The zero-order valence-electron chi connectivity index (χ0n) is 22.6. The highest BCUT2D eigenvalue weighted by atomic mass is 31.0. The molecule has 4 amide bonds. The molecule has 0 aliphatic rings. The number of likely N-dealkylation sites (N-methyl/N-ethyl adjacent to an activating group) is 1. The maximum absolute atomic E-state index is 13.7. The van der Waals surface area contributed by atoms with E-state index in [0.717, 1.165) is 16.3 Å². The van der Waals surface area contributed by atoms with Crippen molar-refractivity contribution in [3.05, 3.63) is 60.7 Å². The molecule has 0 aromatic heterocycles. The fraction of sp³-hybridized carbons (Fsp3) is 0.407. The average Bonchev–Trinajstić information content (AvgIpc) is 2.86. The molecule has 2 aromatic rings. The molecular formula is C27H39N4O6P. The largest absolute Gasteiger partial charge is 0.445 e. The highest BCUT2D eigenvalue weighted by molar-refractivity contribution is 6.92. The highest BCUT2D eigenvalue weighted by Crippen LogP contribution is 2.23. The van der Waals surface area contributed by atoms with Gasteiger partial charge in [0.05, 0.1) is 13.0 Å². The number of nitrogens with one attached hydrogen (secondary N) is 4. The summed E-state index contributed by atoms with van der Waals surface area (Å²) >= 11 is 0. The van der Waals surface area contributed by atoms with Gasteiger partial charge in [0.15, 0.2) is 0 Å². The number of rotatable bonds is 11. The average molecular weight is 547 g/mol. The molecule has 10 nitrogen and oxygen atoms in total. The van der Waals surface area contributed by atoms with Crippen LogP contribution in [0.1, 0.15) is 26.3 Å². The molecule has 1 unspecified atom stereocenters. The Morgan fingerprint density at radius 2 is 1.63 bits per heavy atom. The Morgan fingerprint density at radius 1 is 0.974 bits per heavy atom. The Balaban J connectivity index is 0.00000722. The molecule has 0 radical (unpaired) electrons. The van der Waals surface area contributed by atoms with Gasteiger partial charge >= 0.3 is 6.09 Å². The van der Waals surface area contributed by atoms with E-state index in [9.17, 15) is 19.2 Å². The summed E-state index contributed by atoms with van der Waals surface area (Å²) in [5, 5.41) is 9.77. The van der Waals surface area contributed by atoms with E-state index in [1.807, 2.05) is 63.2 Å². The molecule has 38 heavy (non-hydrogen) atoms. The normalized spacial score (nSPS) is 13.2. The van der Waals surface area contributed by atoms with Gasteiger partial charge in [-0.25, -0.2) is 10.3 Å². The first-order chi connectivity index (χ1) is 17.5. The first-order valence-electron chi connectivity index (χ1n) is 11.9. The lowest BCUT2D eigenvalue weighted by molar-refractivity contribution is -0.140. The molecule has 0 aliphatic heterocycles. The Morgan fingerprint density at radius 3 is 2.21 bits per heavy atom. The van der Waals surface area contributed by atoms with E-state index >= 15 is 0 Å². The van der Waals surface area contributed by atoms with Gasteiger partial charge < -0.3 is 20.7 Å². The fourth-order valence-electron chi connectivity index (χ4n) is 3.87. The third-order valence-electron chi connectivity index (χ3n) is 5.76. The molecule has 4 N–H and O–H groups in total. The van der Waals surface area contributed by atoms with Crippen molar-refractivity contribution >= 4 is 44.5 Å². The maximum Gasteiger partial charge on any atom is 0.408 e. The highest BCUT2D eigenvalue weighted by Gasteiger charge is 2.39. The molecule has 2 rings (SSSR count). The lowest BCUT2D eigenvalue weighted by Crippen LogP contribution is -2.59. The molecule has 11 heteroatoms. The van der Waals surface area contributed by atoms with Gasteiger partial charge in [-0.05, 0) is 28.2 Å². The van der Waals surface area contributed by atoms with Gasteiger partial charge in [-0.3, -0.25) is 19.2 Å². The molecule has 0 saturated heterocycles. The quantitative estimate of drug-likeness (QED) is 0.194. The zero-order valence-corrected chi connectivity index (χ0v) is 24.0. The third-order valence-corrected chi connectivity index (χ3v) is 5.76. The molecule has 2 aromatic carbocycles. The number of carbonyl (C=O) groups excluding carboxylic acids is 4. The Labute approximate surface area is 226 Å². The SMILES string of the molecule is C=CCOC(=O)N[C@H](C(=O)NOC)[C@@H](Cc1ccc2ccccc2c1)C(=O)N[C@H](C(=O)NC)C(C)(C)C.P. The van der Waals surface area contributed by atoms with Crippen LogP contribution in [0.25, 0.3) is 10.8 Å². The molecule has 0 aliphatic carbocycles. The second-order valence-corrected chi connectivity index (χ2v) is 9.59. The number of ether oxygens (including phenoxy) is 1. The van der Waals surface area contributed by atoms with E-state index in [1.165, 1.54) is 20.2 Å². The molecule has 0 heterocycles. The second kappa shape index (κ2) is 15.1. The summed E-state index contributed by atoms with van der Waals surface area (Å²) in [6, 6.07) is 11.1. The van der Waals surface area contributed by atoms with Crippen LogP contribution in [0.15, 0.2) is 55.1 Å². The van der Waals surface area contributed by atoms with Crippen LogP contribution in [0.3, 0.4) is 0 Å². The van der Waals surface area contributed by atoms with Crippen molar-refractivity contribution in [2.75, 3.05) is 20.8 Å². The molecule has 0 saturated carbocycles. The minimum Gasteiger partial charge on any atom is -0.445 e. The standard InChI is InChI=1S/C27H36N4O6.H3P/c1-7-14-37-26(35)29-21(24(33)31-36-6)20(23(32)30-22(25(34)28-5)27(2,3)4)16-17-12-13-18-10-8-9-11-19(18)15-17;/h7-13,15,20-22H,1,14,16H2,2-6H3,(H,28,34)(H,29,35)(H,30,32)(H,31,33);1H3/t20-,21+,22-;/m1./s1. The van der Waals surface area contributed by atoms with Crippen LogP contribution < -0.4 is 21.4 Å². The molecule has 4 atom stereocenters. The van der Waals surface area contributed by atoms with Crippen molar-refractivity contribution < 1.29 is 28.8 Å². The molecule has 0 spiro atoms. The van der Waals surface area contributed by atoms with Gasteiger partial charge in [0.25, 0.3) is 5.91 Å². The van der Waals surface area contributed by atoms with Gasteiger partial charge in [-0.1, -0.05) is 75.9 Å². The molecular weight excluding hydrogens is 507 g/mol. The van der Waals surface area contributed by atoms with E-state index < -0.39 is 41.3 Å². The Kier molecular flexibility index (Phi) is 12.9. The van der Waals surface area contributed by atoms with E-state index in [1.54, 1.807) is 0 Å². The molecule has 0 bridgehead atoms. The van der Waals surface area contributed by atoms with Crippen molar-refractivity contribution in [3.8, 4) is 0 Å². The third kappa shape index (κ3) is 9.11. The summed E-state index contributed by atoms with van der Waals surface area (Å²) in [5.41, 5.74) is 2.30. The van der Waals surface area contributed by atoms with Gasteiger partial charge in [0.2, 0.25) is 11.8 Å². The fourth-order valence-corrected chi connectivity index (χ4v) is 3.87. The van der Waals surface area contributed by atoms with Gasteiger partial charge in [0, 0.05) is 7.05 Å². The van der Waals surface area contributed by atoms with Crippen LogP contribution in [0.5, 0.6) is 0 Å². The predicted molar refractivity (Wildman–Crippen MR) is 151 cm³/mol. The number of hydrogen-bond donors (Lipinski definition) is 4. The molecule has 208 valence electrons. The van der Waals surface area contributed by atoms with Crippen molar-refractivity contribution in [1.82, 2.24) is 21.4 Å². The number of alkyl carbamates (subject to hydrolysis) is 1. The topological polar surface area (TPSA) is 135 Å². The van der Waals surface area contributed by atoms with Gasteiger partial charge in [-0.2, -0.15) is 9.90 Å². The second-order valence-electron chi connectivity index (χ2n) is 9.59. The van der Waals surface area contributed by atoms with Crippen LogP contribution in [-0.4, -0.2) is 56.7 Å². The Bertz CT molecular complexity index is 1130. The van der Waals surface area contributed by atoms with Crippen LogP contribution in [0.2, 0.25) is 0 Å². The van der Waals surface area contributed by atoms with Crippen LogP contribution >= 0.6 is 9.90 Å². The van der Waals surface area contributed by atoms with Gasteiger partial charge in [0.1, 0.15) is 18.7 Å². The predicted octanol–water partition coefficient (Wildman–Crippen LogP) is 2.29. The summed E-state index contributed by atoms with van der Waals surface area (Å²) in [4.78, 5) is 56.5. The monoisotopic (exact) mass is 546 g/mol. The number of carbonyl (C=O) groups is 4. The van der Waals surface area contributed by atoms with E-state index in [-0.39, 0.29) is 28.8 Å². The minimum absolute atomic E-state index is 0. The lowest BCUT2D eigenvalue weighted by atomic mass is 9.84. The minimum atomic E-state index is -1.38. The number of hydroxylamine groups is 1. The number of hydrogen-bond acceptors (Lipinski definition) is 6. The summed E-state index contributed by atoms with van der Waals surface area (Å²) in [5.74, 6) is -2.87. The van der Waals surface area contributed by atoms with E-state index in [0.29, 0.717) is 0 Å². The summed E-state index contributed by atoms with van der Waals surface area (Å²) < 4.78 is 4.99. The zero-order chi connectivity index (χ0) is 27.6. The smallest absolute Gasteiger partial charge is 0.408 e. The summed E-state index contributed by atoms with van der Waals surface area (Å²) in [6.07, 6.45) is 0.539. The van der Waals surface area contributed by atoms with Crippen LogP contribution in [0, 0.1) is 11.3 Å². The van der Waals surface area contributed by atoms with Crippen molar-refractivity contribution in [2.24, 2.45) is 11.3 Å². The van der Waals surface area contributed by atoms with E-state index in [2.05, 4.69) is 28.0 Å². The molecule has 0 fully saturated rings. The van der Waals surface area contributed by atoms with Crippen molar-refractivity contribution in [3.63, 3.8) is 0 Å². The first kappa shape index (κ1) is 32.5. The number of fused-ring (bicyclic) bond motifs is 1. The number of amides is 4. The van der Waals surface area contributed by atoms with Crippen LogP contribution in [0.4, 0.5) is 4.79 Å². The number of benzene rings is 2. The van der Waals surface area contributed by atoms with Gasteiger partial charge in [-0.15, -0.1) is 0 Å². The first-order valence-corrected chi connectivity index (χ1v) is 11.9. The lowest BCUT2D eigenvalue weighted by Gasteiger charge is -2.33. The summed E-state index contributed by atoms with van der Waals surface area (Å²) in [6.45, 7) is 8.84. The summed E-state index contributed by atoms with van der Waals surface area (Å²) in [7, 11) is 2.72. The van der Waals surface area contributed by atoms with Crippen molar-refractivity contribution in [1.29, 1.82) is 0 Å². The van der Waals surface area contributed by atoms with E-state index in [4.69, 9.17) is 9.57 Å². The Hall–Kier alpha value is -3.49.